The van der Waals surface area contributed by atoms with Gasteiger partial charge in [-0.2, -0.15) is 5.10 Å². The van der Waals surface area contributed by atoms with Crippen LogP contribution in [0.4, 0.5) is 5.69 Å². The van der Waals surface area contributed by atoms with Gasteiger partial charge in [0.1, 0.15) is 0 Å². The Labute approximate surface area is 101 Å². The van der Waals surface area contributed by atoms with Crippen LogP contribution in [0, 0.1) is 0 Å². The second-order valence-electron chi connectivity index (χ2n) is 4.94. The fourth-order valence-electron chi connectivity index (χ4n) is 3.02. The molecule has 0 atom stereocenters. The molecule has 3 nitrogen and oxygen atoms in total. The van der Waals surface area contributed by atoms with E-state index in [9.17, 15) is 0 Å². The molecule has 4 heterocycles. The average Bonchev–Trinajstić information content (AvgIpc) is 2.88. The zero-order chi connectivity index (χ0) is 11.2. The van der Waals surface area contributed by atoms with Crippen molar-refractivity contribution in [3.05, 3.63) is 42.2 Å². The molecule has 2 aromatic rings. The number of aromatic nitrogens is 2. The Morgan fingerprint density at radius 1 is 1.06 bits per heavy atom. The molecule has 5 rings (SSSR count). The molecule has 1 aromatic carbocycles. The summed E-state index contributed by atoms with van der Waals surface area (Å²) in [5.74, 6) is 0.694. The van der Waals surface area contributed by atoms with Crippen molar-refractivity contribution in [3.63, 3.8) is 0 Å². The molecule has 0 N–H and O–H groups in total. The van der Waals surface area contributed by atoms with Gasteiger partial charge in [0.2, 0.25) is 0 Å². The molecule has 86 valence electrons. The second kappa shape index (κ2) is 3.36. The molecule has 0 saturated carbocycles. The molecule has 17 heavy (non-hydrogen) atoms. The zero-order valence-corrected chi connectivity index (χ0v) is 9.71. The van der Waals surface area contributed by atoms with Gasteiger partial charge in [0.25, 0.3) is 0 Å². The van der Waals surface area contributed by atoms with Crippen molar-refractivity contribution in [2.45, 2.75) is 18.8 Å². The van der Waals surface area contributed by atoms with Gasteiger partial charge in [0.05, 0.1) is 23.3 Å². The minimum absolute atomic E-state index is 0.694. The van der Waals surface area contributed by atoms with E-state index in [4.69, 9.17) is 5.10 Å². The fourth-order valence-corrected chi connectivity index (χ4v) is 3.02. The normalized spacial score (nSPS) is 18.5. The zero-order valence-electron chi connectivity index (χ0n) is 9.71. The lowest BCUT2D eigenvalue weighted by Crippen LogP contribution is -2.38. The van der Waals surface area contributed by atoms with Crippen molar-refractivity contribution >= 4 is 5.69 Å². The molecule has 0 unspecified atom stereocenters. The van der Waals surface area contributed by atoms with Crippen LogP contribution in [0.1, 0.15) is 24.5 Å². The van der Waals surface area contributed by atoms with Gasteiger partial charge >= 0.3 is 0 Å². The van der Waals surface area contributed by atoms with Crippen molar-refractivity contribution in [1.82, 2.24) is 9.78 Å². The van der Waals surface area contributed by atoms with Crippen molar-refractivity contribution in [2.24, 2.45) is 0 Å². The molecule has 3 heteroatoms. The summed E-state index contributed by atoms with van der Waals surface area (Å²) in [6.45, 7) is 2.41. The first-order valence-electron chi connectivity index (χ1n) is 6.32. The Kier molecular flexibility index (Phi) is 1.83. The van der Waals surface area contributed by atoms with Crippen molar-refractivity contribution in [1.29, 1.82) is 0 Å². The van der Waals surface area contributed by atoms with Crippen molar-refractivity contribution in [2.75, 3.05) is 18.0 Å². The smallest absolute Gasteiger partial charge is 0.0894 e. The lowest BCUT2D eigenvalue weighted by Gasteiger charge is -2.38. The number of anilines is 1. The predicted molar refractivity (Wildman–Crippen MR) is 67.8 cm³/mol. The summed E-state index contributed by atoms with van der Waals surface area (Å²) in [5, 5.41) is 4.78. The highest BCUT2D eigenvalue weighted by Crippen LogP contribution is 2.41. The number of piperidine rings is 1. The van der Waals surface area contributed by atoms with E-state index in [1.165, 1.54) is 37.3 Å². The van der Waals surface area contributed by atoms with Gasteiger partial charge in [-0.05, 0) is 25.0 Å². The monoisotopic (exact) mass is 225 g/mol. The van der Waals surface area contributed by atoms with Gasteiger partial charge in [-0.25, -0.2) is 4.68 Å². The quantitative estimate of drug-likeness (QED) is 0.743. The largest absolute Gasteiger partial charge is 0.369 e. The molecule has 3 aliphatic heterocycles. The van der Waals surface area contributed by atoms with Crippen LogP contribution in [0.5, 0.6) is 0 Å². The van der Waals surface area contributed by atoms with Gasteiger partial charge in [-0.15, -0.1) is 0 Å². The summed E-state index contributed by atoms with van der Waals surface area (Å²) in [4.78, 5) is 2.47. The van der Waals surface area contributed by atoms with Gasteiger partial charge < -0.3 is 4.90 Å². The molecule has 0 radical (unpaired) electrons. The van der Waals surface area contributed by atoms with E-state index in [0.717, 1.165) is 5.69 Å². The van der Waals surface area contributed by atoms with Crippen molar-refractivity contribution < 1.29 is 0 Å². The number of hydrogen-bond donors (Lipinski definition) is 0. The lowest BCUT2D eigenvalue weighted by molar-refractivity contribution is 0.465. The maximum atomic E-state index is 4.78. The van der Waals surface area contributed by atoms with Crippen LogP contribution in [-0.4, -0.2) is 22.9 Å². The van der Waals surface area contributed by atoms with Gasteiger partial charge in [-0.1, -0.05) is 18.2 Å². The molecule has 1 fully saturated rings. The highest BCUT2D eigenvalue weighted by atomic mass is 15.3. The van der Waals surface area contributed by atoms with Crippen LogP contribution in [-0.2, 0) is 0 Å². The third kappa shape index (κ3) is 1.32. The predicted octanol–water partition coefficient (Wildman–Crippen LogP) is 2.57. The number of fused-ring (bicyclic) bond motifs is 2. The number of para-hydroxylation sites is 1. The molecule has 1 aromatic heterocycles. The van der Waals surface area contributed by atoms with E-state index in [2.05, 4.69) is 35.4 Å². The minimum Gasteiger partial charge on any atom is -0.369 e. The van der Waals surface area contributed by atoms with Crippen LogP contribution in [0.15, 0.2) is 36.5 Å². The Morgan fingerprint density at radius 2 is 1.82 bits per heavy atom. The Bertz CT molecular complexity index is 506. The van der Waals surface area contributed by atoms with E-state index < -0.39 is 0 Å². The summed E-state index contributed by atoms with van der Waals surface area (Å²) in [5.41, 5.74) is 3.82. The van der Waals surface area contributed by atoms with E-state index in [1.54, 1.807) is 0 Å². The summed E-state index contributed by atoms with van der Waals surface area (Å²) in [6, 6.07) is 10.4. The SMILES string of the molecule is c1ccc(-n2cc3c(n2)C2CCN3CC2)cc1. The molecule has 3 aliphatic rings. The average molecular weight is 225 g/mol. The standard InChI is InChI=1S/C14H15N3/c1-2-4-12(5-3-1)17-10-13-14(15-17)11-6-8-16(13)9-7-11/h1-5,10-11H,6-9H2. The van der Waals surface area contributed by atoms with Crippen LogP contribution in [0.25, 0.3) is 5.69 Å². The lowest BCUT2D eigenvalue weighted by atomic mass is 9.88. The number of hydrogen-bond acceptors (Lipinski definition) is 2. The Balaban J connectivity index is 1.83. The topological polar surface area (TPSA) is 21.1 Å². The molecule has 0 spiro atoms. The number of benzene rings is 1. The first kappa shape index (κ1) is 9.28. The fraction of sp³-hybridized carbons (Fsp3) is 0.357. The van der Waals surface area contributed by atoms with E-state index in [1.807, 2.05) is 10.7 Å². The molecular weight excluding hydrogens is 210 g/mol. The van der Waals surface area contributed by atoms with Crippen LogP contribution in [0.2, 0.25) is 0 Å². The Hall–Kier alpha value is -1.77. The van der Waals surface area contributed by atoms with Crippen LogP contribution >= 0.6 is 0 Å². The molecule has 1 saturated heterocycles. The summed E-state index contributed by atoms with van der Waals surface area (Å²) >= 11 is 0. The first-order valence-corrected chi connectivity index (χ1v) is 6.32. The third-order valence-electron chi connectivity index (χ3n) is 3.97. The molecule has 2 bridgehead atoms. The van der Waals surface area contributed by atoms with E-state index >= 15 is 0 Å². The van der Waals surface area contributed by atoms with Crippen LogP contribution in [0.3, 0.4) is 0 Å². The van der Waals surface area contributed by atoms with E-state index in [0.29, 0.717) is 5.92 Å². The van der Waals surface area contributed by atoms with Crippen molar-refractivity contribution in [3.8, 4) is 5.69 Å². The summed E-state index contributed by atoms with van der Waals surface area (Å²) < 4.78 is 2.03. The molecular formula is C14H15N3. The maximum Gasteiger partial charge on any atom is 0.0894 e. The van der Waals surface area contributed by atoms with Gasteiger partial charge in [0.15, 0.2) is 0 Å². The summed E-state index contributed by atoms with van der Waals surface area (Å²) in [7, 11) is 0. The van der Waals surface area contributed by atoms with Gasteiger partial charge in [-0.3, -0.25) is 0 Å². The summed E-state index contributed by atoms with van der Waals surface area (Å²) in [6.07, 6.45) is 4.74. The van der Waals surface area contributed by atoms with Crippen LogP contribution < -0.4 is 4.90 Å². The highest BCUT2D eigenvalue weighted by Gasteiger charge is 2.33. The van der Waals surface area contributed by atoms with Gasteiger partial charge in [0, 0.05) is 19.0 Å². The molecule has 0 amide bonds. The third-order valence-corrected chi connectivity index (χ3v) is 3.97. The second-order valence-corrected chi connectivity index (χ2v) is 4.94. The number of rotatable bonds is 1. The highest BCUT2D eigenvalue weighted by molar-refractivity contribution is 5.56. The Morgan fingerprint density at radius 3 is 2.53 bits per heavy atom. The minimum atomic E-state index is 0.694. The maximum absolute atomic E-state index is 4.78. The molecule has 0 aliphatic carbocycles. The number of nitrogens with zero attached hydrogens (tertiary/aromatic N) is 3. The van der Waals surface area contributed by atoms with E-state index in [-0.39, 0.29) is 0 Å². The first-order chi connectivity index (χ1) is 8.42.